The molecule has 0 saturated carbocycles. The van der Waals surface area contributed by atoms with Crippen molar-refractivity contribution >= 4 is 33.2 Å². The number of sulfonamides is 1. The number of nitrogens with zero attached hydrogens (tertiary/aromatic N) is 1. The number of nitrogens with one attached hydrogen (secondary N) is 1. The van der Waals surface area contributed by atoms with Gasteiger partial charge in [-0.05, 0) is 60.4 Å². The van der Waals surface area contributed by atoms with Crippen LogP contribution in [0.2, 0.25) is 5.02 Å². The quantitative estimate of drug-likeness (QED) is 0.564. The van der Waals surface area contributed by atoms with E-state index < -0.39 is 15.9 Å². The molecular weight excluding hydrogens is 448 g/mol. The van der Waals surface area contributed by atoms with Crippen molar-refractivity contribution in [3.8, 4) is 5.75 Å². The number of carbonyl (C=O) groups excluding carboxylic acids is 1. The molecule has 0 saturated heterocycles. The molecule has 4 rings (SSSR count). The minimum atomic E-state index is -3.82. The zero-order valence-electron chi connectivity index (χ0n) is 17.5. The third-order valence-electron chi connectivity index (χ3n) is 5.46. The number of halogens is 1. The van der Waals surface area contributed by atoms with Crippen LogP contribution in [0, 0.1) is 0 Å². The third-order valence-corrected chi connectivity index (χ3v) is 7.52. The van der Waals surface area contributed by atoms with Crippen LogP contribution in [0.4, 0.5) is 5.69 Å². The molecule has 6 nitrogen and oxygen atoms in total. The Morgan fingerprint density at radius 1 is 1.09 bits per heavy atom. The van der Waals surface area contributed by atoms with Crippen LogP contribution in [-0.2, 0) is 22.9 Å². The lowest BCUT2D eigenvalue weighted by Gasteiger charge is -2.20. The monoisotopic (exact) mass is 470 g/mol. The summed E-state index contributed by atoms with van der Waals surface area (Å²) in [5, 5.41) is 3.49. The summed E-state index contributed by atoms with van der Waals surface area (Å²) in [5.74, 6) is -0.0792. The maximum absolute atomic E-state index is 13.3. The van der Waals surface area contributed by atoms with Crippen LogP contribution in [0.3, 0.4) is 0 Å². The molecule has 3 aromatic rings. The molecule has 3 aromatic carbocycles. The Morgan fingerprint density at radius 3 is 2.59 bits per heavy atom. The van der Waals surface area contributed by atoms with E-state index in [1.165, 1.54) is 29.6 Å². The molecule has 0 aromatic heterocycles. The summed E-state index contributed by atoms with van der Waals surface area (Å²) in [6, 6.07) is 19.2. The van der Waals surface area contributed by atoms with E-state index in [-0.39, 0.29) is 10.5 Å². The van der Waals surface area contributed by atoms with Gasteiger partial charge in [-0.3, -0.25) is 9.10 Å². The summed E-state index contributed by atoms with van der Waals surface area (Å²) in [5.41, 5.74) is 2.88. The van der Waals surface area contributed by atoms with E-state index in [4.69, 9.17) is 16.3 Å². The predicted octanol–water partition coefficient (Wildman–Crippen LogP) is 4.07. The maximum atomic E-state index is 13.3. The van der Waals surface area contributed by atoms with E-state index in [0.717, 1.165) is 11.1 Å². The van der Waals surface area contributed by atoms with Crippen LogP contribution in [-0.4, -0.2) is 34.5 Å². The molecule has 0 spiro atoms. The number of benzene rings is 3. The van der Waals surface area contributed by atoms with Gasteiger partial charge in [-0.15, -0.1) is 0 Å². The summed E-state index contributed by atoms with van der Waals surface area (Å²) in [6.07, 6.45) is 1.28. The highest BCUT2D eigenvalue weighted by Crippen LogP contribution is 2.33. The highest BCUT2D eigenvalue weighted by atomic mass is 35.5. The molecule has 32 heavy (non-hydrogen) atoms. The van der Waals surface area contributed by atoms with Gasteiger partial charge in [0.05, 0.1) is 23.3 Å². The van der Waals surface area contributed by atoms with E-state index in [1.807, 2.05) is 30.3 Å². The Morgan fingerprint density at radius 2 is 1.84 bits per heavy atom. The fourth-order valence-corrected chi connectivity index (χ4v) is 5.43. The van der Waals surface area contributed by atoms with Crippen molar-refractivity contribution < 1.29 is 17.9 Å². The number of hydrogen-bond acceptors (Lipinski definition) is 4. The van der Waals surface area contributed by atoms with Crippen molar-refractivity contribution in [1.29, 1.82) is 0 Å². The summed E-state index contributed by atoms with van der Waals surface area (Å²) < 4.78 is 33.4. The van der Waals surface area contributed by atoms with Crippen LogP contribution in [0.15, 0.2) is 71.6 Å². The molecule has 0 bridgehead atoms. The predicted molar refractivity (Wildman–Crippen MR) is 125 cm³/mol. The highest BCUT2D eigenvalue weighted by Gasteiger charge is 2.31. The van der Waals surface area contributed by atoms with Crippen molar-refractivity contribution in [1.82, 2.24) is 5.32 Å². The van der Waals surface area contributed by atoms with Crippen LogP contribution < -0.4 is 14.4 Å². The largest absolute Gasteiger partial charge is 0.496 e. The Hall–Kier alpha value is -3.03. The highest BCUT2D eigenvalue weighted by molar-refractivity contribution is 7.92. The topological polar surface area (TPSA) is 75.7 Å². The summed E-state index contributed by atoms with van der Waals surface area (Å²) >= 11 is 5.90. The van der Waals surface area contributed by atoms with Crippen molar-refractivity contribution in [3.63, 3.8) is 0 Å². The molecule has 0 aliphatic carbocycles. The van der Waals surface area contributed by atoms with Crippen LogP contribution >= 0.6 is 11.6 Å². The molecule has 166 valence electrons. The second-order valence-electron chi connectivity index (χ2n) is 7.45. The molecule has 0 unspecified atom stereocenters. The summed E-state index contributed by atoms with van der Waals surface area (Å²) in [4.78, 5) is 12.9. The van der Waals surface area contributed by atoms with E-state index in [0.29, 0.717) is 42.4 Å². The lowest BCUT2D eigenvalue weighted by atomic mass is 10.1. The minimum absolute atomic E-state index is 0.0536. The number of carbonyl (C=O) groups is 1. The molecular formula is C24H23ClN2O4S. The molecule has 1 heterocycles. The van der Waals surface area contributed by atoms with E-state index in [9.17, 15) is 13.2 Å². The minimum Gasteiger partial charge on any atom is -0.496 e. The van der Waals surface area contributed by atoms with E-state index >= 15 is 0 Å². The molecule has 0 fully saturated rings. The Balaban J connectivity index is 1.54. The lowest BCUT2D eigenvalue weighted by Crippen LogP contribution is -2.30. The van der Waals surface area contributed by atoms with Crippen LogP contribution in [0.5, 0.6) is 5.75 Å². The zero-order valence-corrected chi connectivity index (χ0v) is 19.1. The molecule has 0 atom stereocenters. The van der Waals surface area contributed by atoms with Gasteiger partial charge in [-0.2, -0.15) is 0 Å². The Bertz CT molecular complexity index is 1240. The van der Waals surface area contributed by atoms with Gasteiger partial charge >= 0.3 is 0 Å². The SMILES string of the molecule is COc1ccc(S(=O)(=O)N2CCc3ccccc32)cc1C(=O)NCCc1ccc(Cl)cc1. The van der Waals surface area contributed by atoms with Crippen molar-refractivity contribution in [2.45, 2.75) is 17.7 Å². The molecule has 1 amide bonds. The number of amides is 1. The van der Waals surface area contributed by atoms with Crippen LogP contribution in [0.1, 0.15) is 21.5 Å². The smallest absolute Gasteiger partial charge is 0.264 e. The van der Waals surface area contributed by atoms with Gasteiger partial charge in [0.15, 0.2) is 0 Å². The normalized spacial score (nSPS) is 13.0. The first-order valence-corrected chi connectivity index (χ1v) is 12.0. The standard InChI is InChI=1S/C24H23ClN2O4S/c1-31-23-11-10-20(32(29,30)27-15-13-18-4-2-3-5-22(18)27)16-21(23)24(28)26-14-12-17-6-8-19(25)9-7-17/h2-11,16H,12-15H2,1H3,(H,26,28). The first-order chi connectivity index (χ1) is 15.4. The van der Waals surface area contributed by atoms with E-state index in [1.54, 1.807) is 18.2 Å². The third kappa shape index (κ3) is 4.45. The summed E-state index contributed by atoms with van der Waals surface area (Å²) in [6.45, 7) is 0.760. The summed E-state index contributed by atoms with van der Waals surface area (Å²) in [7, 11) is -2.37. The molecule has 1 aliphatic heterocycles. The van der Waals surface area contributed by atoms with Gasteiger partial charge in [0, 0.05) is 18.1 Å². The van der Waals surface area contributed by atoms with Gasteiger partial charge in [0.2, 0.25) is 0 Å². The number of ether oxygens (including phenoxy) is 1. The van der Waals surface area contributed by atoms with Gasteiger partial charge in [-0.25, -0.2) is 8.42 Å². The van der Waals surface area contributed by atoms with Gasteiger partial charge in [0.25, 0.3) is 15.9 Å². The number of anilines is 1. The molecule has 1 N–H and O–H groups in total. The van der Waals surface area contributed by atoms with Gasteiger partial charge in [0.1, 0.15) is 5.75 Å². The van der Waals surface area contributed by atoms with E-state index in [2.05, 4.69) is 5.32 Å². The van der Waals surface area contributed by atoms with Gasteiger partial charge < -0.3 is 10.1 Å². The Labute approximate surface area is 192 Å². The first kappa shape index (κ1) is 22.2. The second kappa shape index (κ2) is 9.22. The van der Waals surface area contributed by atoms with Crippen molar-refractivity contribution in [2.75, 3.05) is 24.5 Å². The number of methoxy groups -OCH3 is 1. The number of fused-ring (bicyclic) bond motifs is 1. The van der Waals surface area contributed by atoms with Crippen molar-refractivity contribution in [3.05, 3.63) is 88.4 Å². The van der Waals surface area contributed by atoms with Crippen LogP contribution in [0.25, 0.3) is 0 Å². The average Bonchev–Trinajstić information content (AvgIpc) is 3.25. The number of para-hydroxylation sites is 1. The Kier molecular flexibility index (Phi) is 6.39. The molecule has 8 heteroatoms. The fourth-order valence-electron chi connectivity index (χ4n) is 3.78. The second-order valence-corrected chi connectivity index (χ2v) is 9.75. The number of rotatable bonds is 7. The van der Waals surface area contributed by atoms with Gasteiger partial charge in [-0.1, -0.05) is 41.9 Å². The molecule has 1 aliphatic rings. The van der Waals surface area contributed by atoms with Crippen molar-refractivity contribution in [2.24, 2.45) is 0 Å². The average molecular weight is 471 g/mol. The fraction of sp³-hybridized carbons (Fsp3) is 0.208. The first-order valence-electron chi connectivity index (χ1n) is 10.2. The molecule has 0 radical (unpaired) electrons. The zero-order chi connectivity index (χ0) is 22.7. The number of hydrogen-bond donors (Lipinski definition) is 1. The maximum Gasteiger partial charge on any atom is 0.264 e. The lowest BCUT2D eigenvalue weighted by molar-refractivity contribution is 0.0951.